The first-order valence-corrected chi connectivity index (χ1v) is 5.86. The van der Waals surface area contributed by atoms with Crippen LogP contribution in [0.3, 0.4) is 0 Å². The fourth-order valence-corrected chi connectivity index (χ4v) is 2.24. The van der Waals surface area contributed by atoms with Crippen LogP contribution in [0.15, 0.2) is 10.9 Å². The number of methoxy groups -OCH3 is 1. The first kappa shape index (κ1) is 14.1. The second-order valence-electron chi connectivity index (χ2n) is 4.52. The number of aliphatic hydroxyl groups is 2. The maximum absolute atomic E-state index is 13.8. The molecule has 1 aromatic heterocycles. The molecule has 7 heteroatoms. The van der Waals surface area contributed by atoms with E-state index in [2.05, 4.69) is 4.98 Å². The highest BCUT2D eigenvalue weighted by Gasteiger charge is 2.45. The Morgan fingerprint density at radius 3 is 2.84 bits per heavy atom. The van der Waals surface area contributed by atoms with E-state index >= 15 is 0 Å². The minimum absolute atomic E-state index is 0.0962. The van der Waals surface area contributed by atoms with E-state index in [9.17, 15) is 14.3 Å². The molecule has 0 amide bonds. The van der Waals surface area contributed by atoms with Gasteiger partial charge in [-0.3, -0.25) is 9.78 Å². The number of halogens is 1. The second kappa shape index (κ2) is 5.38. The summed E-state index contributed by atoms with van der Waals surface area (Å²) in [6, 6.07) is 1.36. The van der Waals surface area contributed by atoms with Gasteiger partial charge in [-0.2, -0.15) is 4.39 Å². The molecule has 3 N–H and O–H groups in total. The molecule has 0 aliphatic carbocycles. The molecule has 19 heavy (non-hydrogen) atoms. The number of hydrogen-bond acceptors (Lipinski definition) is 5. The number of ether oxygens (including phenoxy) is 2. The van der Waals surface area contributed by atoms with Crippen LogP contribution in [-0.2, 0) is 9.47 Å². The number of rotatable bonds is 3. The van der Waals surface area contributed by atoms with Gasteiger partial charge in [0.05, 0.1) is 6.61 Å². The van der Waals surface area contributed by atoms with Gasteiger partial charge in [0.15, 0.2) is 5.95 Å². The van der Waals surface area contributed by atoms with E-state index in [4.69, 9.17) is 14.6 Å². The van der Waals surface area contributed by atoms with Crippen LogP contribution in [0.25, 0.3) is 0 Å². The van der Waals surface area contributed by atoms with Gasteiger partial charge >= 0.3 is 0 Å². The standard InChI is InChI=1S/C12H16FNO5/c1-5-3-6(11(13)14-12(5)17)9-10(18-2)8(16)7(4-15)19-9/h3,7-10,15-16H,4H2,1-2H3,(H,14,17). The maximum atomic E-state index is 13.8. The molecule has 0 saturated carbocycles. The normalized spacial score (nSPS) is 30.8. The van der Waals surface area contributed by atoms with Crippen molar-refractivity contribution in [3.63, 3.8) is 0 Å². The van der Waals surface area contributed by atoms with Gasteiger partial charge in [-0.1, -0.05) is 0 Å². The summed E-state index contributed by atoms with van der Waals surface area (Å²) in [6.07, 6.45) is -3.60. The number of aromatic nitrogens is 1. The third kappa shape index (κ3) is 2.42. The Balaban J connectivity index is 2.41. The molecule has 2 rings (SSSR count). The molecular formula is C12H16FNO5. The largest absolute Gasteiger partial charge is 0.394 e. The number of hydrogen-bond donors (Lipinski definition) is 3. The Labute approximate surface area is 108 Å². The first-order valence-electron chi connectivity index (χ1n) is 5.86. The lowest BCUT2D eigenvalue weighted by atomic mass is 10.0. The zero-order valence-corrected chi connectivity index (χ0v) is 10.6. The Morgan fingerprint density at radius 2 is 2.26 bits per heavy atom. The predicted molar refractivity (Wildman–Crippen MR) is 63.3 cm³/mol. The SMILES string of the molecule is COC1C(c2cc(C)c(=O)[nH]c2F)OC(CO)C1O. The van der Waals surface area contributed by atoms with Gasteiger partial charge in [0, 0.05) is 18.2 Å². The molecule has 1 aliphatic heterocycles. The third-order valence-electron chi connectivity index (χ3n) is 3.30. The summed E-state index contributed by atoms with van der Waals surface area (Å²) in [5.41, 5.74) is -0.0942. The van der Waals surface area contributed by atoms with Gasteiger partial charge in [0.2, 0.25) is 0 Å². The highest BCUT2D eigenvalue weighted by atomic mass is 19.1. The van der Waals surface area contributed by atoms with Gasteiger partial charge in [0.25, 0.3) is 5.56 Å². The lowest BCUT2D eigenvalue weighted by molar-refractivity contribution is -0.0248. The van der Waals surface area contributed by atoms with Crippen LogP contribution in [0.4, 0.5) is 4.39 Å². The summed E-state index contributed by atoms with van der Waals surface area (Å²) in [6.45, 7) is 1.14. The van der Waals surface area contributed by atoms with E-state index in [1.54, 1.807) is 6.92 Å². The lowest BCUT2D eigenvalue weighted by Gasteiger charge is -2.19. The fourth-order valence-electron chi connectivity index (χ4n) is 2.24. The highest BCUT2D eigenvalue weighted by Crippen LogP contribution is 2.35. The summed E-state index contributed by atoms with van der Waals surface area (Å²) < 4.78 is 24.3. The van der Waals surface area contributed by atoms with Crippen molar-refractivity contribution in [1.29, 1.82) is 0 Å². The molecule has 0 radical (unpaired) electrons. The molecule has 1 aliphatic rings. The first-order chi connectivity index (χ1) is 8.99. The van der Waals surface area contributed by atoms with Crippen LogP contribution in [0.1, 0.15) is 17.2 Å². The average molecular weight is 273 g/mol. The monoisotopic (exact) mass is 273 g/mol. The molecule has 4 atom stereocenters. The molecule has 4 unspecified atom stereocenters. The number of aliphatic hydroxyl groups excluding tert-OH is 2. The van der Waals surface area contributed by atoms with E-state index < -0.39 is 42.5 Å². The minimum atomic E-state index is -1.06. The Morgan fingerprint density at radius 1 is 1.58 bits per heavy atom. The van der Waals surface area contributed by atoms with Crippen molar-refractivity contribution in [2.45, 2.75) is 31.3 Å². The number of aromatic amines is 1. The summed E-state index contributed by atoms with van der Waals surface area (Å²) in [5, 5.41) is 19.0. The Hall–Kier alpha value is -1.28. The topological polar surface area (TPSA) is 91.8 Å². The third-order valence-corrected chi connectivity index (χ3v) is 3.30. The zero-order chi connectivity index (χ0) is 14.2. The van der Waals surface area contributed by atoms with E-state index in [-0.39, 0.29) is 5.56 Å². The Bertz CT molecular complexity index is 517. The molecular weight excluding hydrogens is 257 g/mol. The van der Waals surface area contributed by atoms with E-state index in [0.717, 1.165) is 0 Å². The van der Waals surface area contributed by atoms with Gasteiger partial charge in [-0.05, 0) is 13.0 Å². The van der Waals surface area contributed by atoms with Crippen molar-refractivity contribution in [2.24, 2.45) is 0 Å². The predicted octanol–water partition coefficient (Wildman–Crippen LogP) is -0.369. The van der Waals surface area contributed by atoms with Crippen molar-refractivity contribution in [3.8, 4) is 0 Å². The van der Waals surface area contributed by atoms with Crippen molar-refractivity contribution in [3.05, 3.63) is 33.5 Å². The number of nitrogens with one attached hydrogen (secondary N) is 1. The average Bonchev–Trinajstić information content (AvgIpc) is 2.70. The van der Waals surface area contributed by atoms with Crippen LogP contribution >= 0.6 is 0 Å². The van der Waals surface area contributed by atoms with Crippen LogP contribution in [0.2, 0.25) is 0 Å². The number of pyridine rings is 1. The molecule has 0 bridgehead atoms. The van der Waals surface area contributed by atoms with Crippen LogP contribution in [0.5, 0.6) is 0 Å². The molecule has 2 heterocycles. The van der Waals surface area contributed by atoms with Gasteiger partial charge in [-0.25, -0.2) is 0 Å². The molecule has 1 saturated heterocycles. The summed E-state index contributed by atoms with van der Waals surface area (Å²) in [7, 11) is 1.36. The summed E-state index contributed by atoms with van der Waals surface area (Å²) >= 11 is 0. The van der Waals surface area contributed by atoms with E-state index in [0.29, 0.717) is 5.56 Å². The Kier molecular flexibility index (Phi) is 4.00. The van der Waals surface area contributed by atoms with Crippen molar-refractivity contribution < 1.29 is 24.1 Å². The number of H-pyrrole nitrogens is 1. The second-order valence-corrected chi connectivity index (χ2v) is 4.52. The van der Waals surface area contributed by atoms with E-state index in [1.165, 1.54) is 13.2 Å². The molecule has 106 valence electrons. The minimum Gasteiger partial charge on any atom is -0.394 e. The van der Waals surface area contributed by atoms with Crippen LogP contribution < -0.4 is 5.56 Å². The quantitative estimate of drug-likeness (QED) is 0.654. The fraction of sp³-hybridized carbons (Fsp3) is 0.583. The molecule has 0 aromatic carbocycles. The molecule has 0 spiro atoms. The van der Waals surface area contributed by atoms with Gasteiger partial charge in [-0.15, -0.1) is 0 Å². The molecule has 6 nitrogen and oxygen atoms in total. The van der Waals surface area contributed by atoms with Crippen molar-refractivity contribution >= 4 is 0 Å². The van der Waals surface area contributed by atoms with Gasteiger partial charge in [0.1, 0.15) is 24.4 Å². The highest BCUT2D eigenvalue weighted by molar-refractivity contribution is 5.23. The van der Waals surface area contributed by atoms with Crippen LogP contribution in [-0.4, -0.2) is 47.2 Å². The van der Waals surface area contributed by atoms with Crippen LogP contribution in [0, 0.1) is 12.9 Å². The van der Waals surface area contributed by atoms with E-state index in [1.807, 2.05) is 0 Å². The smallest absolute Gasteiger partial charge is 0.253 e. The van der Waals surface area contributed by atoms with Crippen molar-refractivity contribution in [1.82, 2.24) is 4.98 Å². The maximum Gasteiger partial charge on any atom is 0.253 e. The van der Waals surface area contributed by atoms with Crippen molar-refractivity contribution in [2.75, 3.05) is 13.7 Å². The summed E-state index contributed by atoms with van der Waals surface area (Å²) in [4.78, 5) is 13.4. The summed E-state index contributed by atoms with van der Waals surface area (Å²) in [5.74, 6) is -0.826. The van der Waals surface area contributed by atoms with Gasteiger partial charge < -0.3 is 19.7 Å². The lowest BCUT2D eigenvalue weighted by Crippen LogP contribution is -2.34. The molecule has 1 fully saturated rings. The zero-order valence-electron chi connectivity index (χ0n) is 10.6. The number of aryl methyl sites for hydroxylation is 1. The molecule has 1 aromatic rings.